The average molecular weight is 452 g/mol. The number of sulfonamides is 1. The van der Waals surface area contributed by atoms with Gasteiger partial charge in [-0.15, -0.1) is 0 Å². The number of benzene rings is 2. The molecule has 0 aliphatic rings. The van der Waals surface area contributed by atoms with E-state index < -0.39 is 28.5 Å². The second-order valence-corrected chi connectivity index (χ2v) is 9.31. The highest BCUT2D eigenvalue weighted by Gasteiger charge is 2.29. The van der Waals surface area contributed by atoms with E-state index in [4.69, 9.17) is 11.6 Å². The van der Waals surface area contributed by atoms with Gasteiger partial charge in [-0.2, -0.15) is 0 Å². The number of hydrogen-bond acceptors (Lipinski definition) is 4. The molecule has 0 aliphatic heterocycles. The quantitative estimate of drug-likeness (QED) is 0.668. The first-order valence-corrected chi connectivity index (χ1v) is 11.6. The van der Waals surface area contributed by atoms with Crippen molar-refractivity contribution in [2.24, 2.45) is 0 Å². The molecule has 1 N–H and O–H groups in total. The van der Waals surface area contributed by atoms with Crippen LogP contribution in [0.25, 0.3) is 0 Å². The molecule has 2 amide bonds. The van der Waals surface area contributed by atoms with E-state index in [0.717, 1.165) is 21.7 Å². The lowest BCUT2D eigenvalue weighted by molar-refractivity contribution is -0.139. The summed E-state index contributed by atoms with van der Waals surface area (Å²) in [6.07, 6.45) is 1.03. The zero-order valence-corrected chi connectivity index (χ0v) is 19.0. The molecule has 0 spiro atoms. The van der Waals surface area contributed by atoms with Crippen molar-refractivity contribution in [3.63, 3.8) is 0 Å². The summed E-state index contributed by atoms with van der Waals surface area (Å²) in [6, 6.07) is 13.2. The van der Waals surface area contributed by atoms with Crippen LogP contribution in [0.2, 0.25) is 5.02 Å². The maximum atomic E-state index is 13.2. The third kappa shape index (κ3) is 5.96. The second-order valence-electron chi connectivity index (χ2n) is 7.00. The number of halogens is 1. The topological polar surface area (TPSA) is 86.8 Å². The second kappa shape index (κ2) is 9.95. The molecule has 1 atom stereocenters. The largest absolute Gasteiger partial charge is 0.357 e. The fourth-order valence-electron chi connectivity index (χ4n) is 2.92. The van der Waals surface area contributed by atoms with E-state index in [-0.39, 0.29) is 18.1 Å². The SMILES string of the molecule is CNC(=O)[C@H](C)N(Cc1ccccc1)C(=O)CN(c1ccc(C)c(Cl)c1)S(C)(=O)=O. The monoisotopic (exact) mass is 451 g/mol. The lowest BCUT2D eigenvalue weighted by Crippen LogP contribution is -2.50. The molecule has 0 aromatic heterocycles. The van der Waals surface area contributed by atoms with Gasteiger partial charge >= 0.3 is 0 Å². The molecular formula is C21H26ClN3O4S. The van der Waals surface area contributed by atoms with Crippen LogP contribution < -0.4 is 9.62 Å². The van der Waals surface area contributed by atoms with E-state index in [0.29, 0.717) is 5.02 Å². The van der Waals surface area contributed by atoms with Crippen LogP contribution in [-0.2, 0) is 26.2 Å². The molecule has 162 valence electrons. The molecule has 0 heterocycles. The summed E-state index contributed by atoms with van der Waals surface area (Å²) in [6.45, 7) is 3.12. The Labute approximate surface area is 182 Å². The van der Waals surface area contributed by atoms with Crippen LogP contribution >= 0.6 is 11.6 Å². The number of carbonyl (C=O) groups excluding carboxylic acids is 2. The average Bonchev–Trinajstić information content (AvgIpc) is 2.71. The minimum Gasteiger partial charge on any atom is -0.357 e. The maximum Gasteiger partial charge on any atom is 0.244 e. The van der Waals surface area contributed by atoms with Gasteiger partial charge in [-0.25, -0.2) is 8.42 Å². The number of carbonyl (C=O) groups is 2. The zero-order valence-electron chi connectivity index (χ0n) is 17.4. The summed E-state index contributed by atoms with van der Waals surface area (Å²) in [5, 5.41) is 2.93. The summed E-state index contributed by atoms with van der Waals surface area (Å²) in [5.41, 5.74) is 1.90. The van der Waals surface area contributed by atoms with Crippen molar-refractivity contribution in [1.29, 1.82) is 0 Å². The Morgan fingerprint density at radius 2 is 1.77 bits per heavy atom. The lowest BCUT2D eigenvalue weighted by Gasteiger charge is -2.31. The van der Waals surface area contributed by atoms with Crippen molar-refractivity contribution in [1.82, 2.24) is 10.2 Å². The smallest absolute Gasteiger partial charge is 0.244 e. The van der Waals surface area contributed by atoms with Gasteiger partial charge in [0.15, 0.2) is 0 Å². The van der Waals surface area contributed by atoms with E-state index in [2.05, 4.69) is 5.32 Å². The van der Waals surface area contributed by atoms with Crippen LogP contribution in [0.3, 0.4) is 0 Å². The molecule has 0 bridgehead atoms. The lowest BCUT2D eigenvalue weighted by atomic mass is 10.1. The minimum atomic E-state index is -3.77. The Morgan fingerprint density at radius 3 is 2.30 bits per heavy atom. The van der Waals surface area contributed by atoms with Crippen LogP contribution in [0.4, 0.5) is 5.69 Å². The van der Waals surface area contributed by atoms with Gasteiger partial charge in [0.05, 0.1) is 11.9 Å². The van der Waals surface area contributed by atoms with E-state index in [1.165, 1.54) is 18.0 Å². The number of hydrogen-bond donors (Lipinski definition) is 1. The van der Waals surface area contributed by atoms with Gasteiger partial charge in [-0.1, -0.05) is 48.0 Å². The van der Waals surface area contributed by atoms with Crippen molar-refractivity contribution < 1.29 is 18.0 Å². The first-order valence-electron chi connectivity index (χ1n) is 9.33. The van der Waals surface area contributed by atoms with Crippen LogP contribution in [0.5, 0.6) is 0 Å². The third-order valence-corrected chi connectivity index (χ3v) is 6.28. The Bertz CT molecular complexity index is 1010. The highest BCUT2D eigenvalue weighted by Crippen LogP contribution is 2.25. The first-order chi connectivity index (χ1) is 14.0. The van der Waals surface area contributed by atoms with Crippen LogP contribution in [0, 0.1) is 6.92 Å². The van der Waals surface area contributed by atoms with E-state index in [1.807, 2.05) is 30.3 Å². The summed E-state index contributed by atoms with van der Waals surface area (Å²) in [4.78, 5) is 26.8. The number of amides is 2. The van der Waals surface area contributed by atoms with Gasteiger partial charge in [-0.05, 0) is 37.1 Å². The molecule has 0 saturated carbocycles. The van der Waals surface area contributed by atoms with Gasteiger partial charge in [0.1, 0.15) is 12.6 Å². The molecule has 0 saturated heterocycles. The number of nitrogens with one attached hydrogen (secondary N) is 1. The van der Waals surface area contributed by atoms with Gasteiger partial charge < -0.3 is 10.2 Å². The van der Waals surface area contributed by atoms with E-state index in [1.54, 1.807) is 26.0 Å². The van der Waals surface area contributed by atoms with Gasteiger partial charge in [0, 0.05) is 18.6 Å². The molecule has 0 unspecified atom stereocenters. The van der Waals surface area contributed by atoms with Crippen molar-refractivity contribution in [2.75, 3.05) is 24.2 Å². The molecule has 2 rings (SSSR count). The molecule has 30 heavy (non-hydrogen) atoms. The Balaban J connectivity index is 2.38. The fourth-order valence-corrected chi connectivity index (χ4v) is 3.94. The Kier molecular flexibility index (Phi) is 7.86. The highest BCUT2D eigenvalue weighted by atomic mass is 35.5. The van der Waals surface area contributed by atoms with Gasteiger partial charge in [0.25, 0.3) is 0 Å². The number of rotatable bonds is 8. The third-order valence-electron chi connectivity index (χ3n) is 4.73. The van der Waals surface area contributed by atoms with E-state index >= 15 is 0 Å². The van der Waals surface area contributed by atoms with Crippen LogP contribution in [0.15, 0.2) is 48.5 Å². The van der Waals surface area contributed by atoms with E-state index in [9.17, 15) is 18.0 Å². The summed E-state index contributed by atoms with van der Waals surface area (Å²) < 4.78 is 25.9. The molecule has 0 fully saturated rings. The summed E-state index contributed by atoms with van der Waals surface area (Å²) in [5.74, 6) is -0.847. The molecular weight excluding hydrogens is 426 g/mol. The number of likely N-dealkylation sites (N-methyl/N-ethyl adjacent to an activating group) is 1. The molecule has 0 radical (unpaired) electrons. The number of aryl methyl sites for hydroxylation is 1. The van der Waals surface area contributed by atoms with Crippen molar-refractivity contribution in [2.45, 2.75) is 26.4 Å². The molecule has 2 aromatic carbocycles. The maximum absolute atomic E-state index is 13.2. The molecule has 9 heteroatoms. The van der Waals surface area contributed by atoms with Crippen molar-refractivity contribution in [3.8, 4) is 0 Å². The Hall–Kier alpha value is -2.58. The van der Waals surface area contributed by atoms with Gasteiger partial charge in [-0.3, -0.25) is 13.9 Å². The minimum absolute atomic E-state index is 0.167. The normalized spacial score (nSPS) is 12.2. The van der Waals surface area contributed by atoms with Crippen LogP contribution in [-0.4, -0.2) is 51.0 Å². The molecule has 2 aromatic rings. The van der Waals surface area contributed by atoms with Gasteiger partial charge in [0.2, 0.25) is 21.8 Å². The fraction of sp³-hybridized carbons (Fsp3) is 0.333. The van der Waals surface area contributed by atoms with Crippen molar-refractivity contribution in [3.05, 3.63) is 64.7 Å². The highest BCUT2D eigenvalue weighted by molar-refractivity contribution is 7.92. The Morgan fingerprint density at radius 1 is 1.13 bits per heavy atom. The predicted octanol–water partition coefficient (Wildman–Crippen LogP) is 2.58. The van der Waals surface area contributed by atoms with Crippen LogP contribution in [0.1, 0.15) is 18.1 Å². The zero-order chi connectivity index (χ0) is 22.5. The summed E-state index contributed by atoms with van der Waals surface area (Å²) in [7, 11) is -2.29. The standard InChI is InChI=1S/C21H26ClN3O4S/c1-15-10-11-18(12-19(15)22)25(30(4,28)29)14-20(26)24(16(2)21(27)23-3)13-17-8-6-5-7-9-17/h5-12,16H,13-14H2,1-4H3,(H,23,27)/t16-/m0/s1. The number of nitrogens with zero attached hydrogens (tertiary/aromatic N) is 2. The molecule has 0 aliphatic carbocycles. The molecule has 7 nitrogen and oxygen atoms in total. The first kappa shape index (κ1) is 23.7. The predicted molar refractivity (Wildman–Crippen MR) is 119 cm³/mol. The number of anilines is 1. The summed E-state index contributed by atoms with van der Waals surface area (Å²) >= 11 is 6.16. The van der Waals surface area contributed by atoms with Crippen molar-refractivity contribution >= 4 is 39.1 Å².